The minimum Gasteiger partial charge on any atom is -0.491 e. The number of amides is 1. The molecule has 1 N–H and O–H groups in total. The van der Waals surface area contributed by atoms with E-state index in [-0.39, 0.29) is 23.7 Å². The van der Waals surface area contributed by atoms with Crippen LogP contribution in [0, 0.1) is 12.8 Å². The number of pyridine rings is 1. The Hall–Kier alpha value is -3.58. The van der Waals surface area contributed by atoms with Crippen molar-refractivity contribution in [2.45, 2.75) is 57.7 Å². The zero-order chi connectivity index (χ0) is 26.2. The lowest BCUT2D eigenvalue weighted by atomic mass is 9.85. The number of fused-ring (bicyclic) bond motifs is 2. The van der Waals surface area contributed by atoms with Crippen LogP contribution < -0.4 is 15.7 Å². The molecule has 0 radical (unpaired) electrons. The van der Waals surface area contributed by atoms with E-state index in [1.54, 1.807) is 12.3 Å². The van der Waals surface area contributed by atoms with Crippen LogP contribution in [0.2, 0.25) is 5.02 Å². The molecular weight excluding hydrogens is 500 g/mol. The lowest BCUT2D eigenvalue weighted by Gasteiger charge is -2.29. The summed E-state index contributed by atoms with van der Waals surface area (Å²) in [5.74, 6) is 1.15. The van der Waals surface area contributed by atoms with Gasteiger partial charge in [0.1, 0.15) is 12.4 Å². The number of hydrogen-bond acceptors (Lipinski definition) is 4. The fourth-order valence-corrected chi connectivity index (χ4v) is 6.15. The van der Waals surface area contributed by atoms with Gasteiger partial charge in [0.15, 0.2) is 0 Å². The molecule has 2 aromatic carbocycles. The fraction of sp³-hybridized carbons (Fsp3) is 0.367. The maximum Gasteiger partial charge on any atom is 0.329 e. The molecule has 2 aromatic heterocycles. The number of carbonyl (C=O) groups is 1. The van der Waals surface area contributed by atoms with Crippen LogP contribution in [0.5, 0.6) is 5.75 Å². The van der Waals surface area contributed by atoms with Crippen LogP contribution >= 0.6 is 11.6 Å². The number of nitrogens with zero attached hydrogens (tertiary/aromatic N) is 3. The van der Waals surface area contributed by atoms with Gasteiger partial charge in [0, 0.05) is 25.2 Å². The first kappa shape index (κ1) is 24.7. The molecule has 1 saturated carbocycles. The van der Waals surface area contributed by atoms with Gasteiger partial charge in [-0.3, -0.25) is 18.9 Å². The summed E-state index contributed by atoms with van der Waals surface area (Å²) in [6.45, 7) is 2.97. The summed E-state index contributed by atoms with van der Waals surface area (Å²) in [6, 6.07) is 17.9. The van der Waals surface area contributed by atoms with E-state index in [1.807, 2.05) is 58.5 Å². The maximum atomic E-state index is 13.8. The predicted octanol–water partition coefficient (Wildman–Crippen LogP) is 5.32. The molecule has 196 valence electrons. The molecule has 7 nitrogen and oxygen atoms in total. The molecule has 2 aliphatic rings. The molecule has 1 aliphatic heterocycles. The smallest absolute Gasteiger partial charge is 0.329 e. The molecule has 3 heterocycles. The number of imidazole rings is 1. The Balaban J connectivity index is 1.16. The van der Waals surface area contributed by atoms with E-state index >= 15 is 0 Å². The molecular formula is C30H31ClN4O3. The summed E-state index contributed by atoms with van der Waals surface area (Å²) < 4.78 is 9.90. The summed E-state index contributed by atoms with van der Waals surface area (Å²) in [4.78, 5) is 30.8. The molecule has 0 saturated heterocycles. The summed E-state index contributed by atoms with van der Waals surface area (Å²) >= 11 is 6.05. The monoisotopic (exact) mass is 530 g/mol. The topological polar surface area (TPSA) is 78.2 Å². The van der Waals surface area contributed by atoms with Crippen molar-refractivity contribution in [3.05, 3.63) is 93.1 Å². The first-order valence-electron chi connectivity index (χ1n) is 13.3. The minimum absolute atomic E-state index is 0.0264. The highest BCUT2D eigenvalue weighted by molar-refractivity contribution is 6.30. The molecule has 1 fully saturated rings. The zero-order valence-corrected chi connectivity index (χ0v) is 22.2. The van der Waals surface area contributed by atoms with Gasteiger partial charge < -0.3 is 10.1 Å². The summed E-state index contributed by atoms with van der Waals surface area (Å²) in [7, 11) is 0. The maximum absolute atomic E-state index is 13.8. The second-order valence-corrected chi connectivity index (χ2v) is 10.9. The summed E-state index contributed by atoms with van der Waals surface area (Å²) in [5.41, 5.74) is 4.28. The number of aryl methyl sites for hydroxylation is 1. The summed E-state index contributed by atoms with van der Waals surface area (Å²) in [6.07, 6.45) is 5.98. The Morgan fingerprint density at radius 2 is 1.82 bits per heavy atom. The molecule has 0 bridgehead atoms. The minimum atomic E-state index is -0.128. The number of nitrogens with one attached hydrogen (secondary N) is 1. The van der Waals surface area contributed by atoms with E-state index in [4.69, 9.17) is 16.3 Å². The van der Waals surface area contributed by atoms with E-state index in [1.165, 1.54) is 0 Å². The molecule has 6 rings (SSSR count). The third-order valence-corrected chi connectivity index (χ3v) is 8.22. The zero-order valence-electron chi connectivity index (χ0n) is 21.4. The van der Waals surface area contributed by atoms with Gasteiger partial charge >= 0.3 is 5.69 Å². The Kier molecular flexibility index (Phi) is 6.70. The van der Waals surface area contributed by atoms with E-state index in [2.05, 4.69) is 16.4 Å². The number of ether oxygens (including phenoxy) is 1. The number of rotatable bonds is 5. The van der Waals surface area contributed by atoms with Crippen LogP contribution in [0.1, 0.15) is 53.3 Å². The van der Waals surface area contributed by atoms with Crippen LogP contribution in [0.4, 0.5) is 0 Å². The van der Waals surface area contributed by atoms with Crippen LogP contribution in [0.3, 0.4) is 0 Å². The molecule has 38 heavy (non-hydrogen) atoms. The Morgan fingerprint density at radius 1 is 1.08 bits per heavy atom. The predicted molar refractivity (Wildman–Crippen MR) is 148 cm³/mol. The molecule has 0 spiro atoms. The average Bonchev–Trinajstić information content (AvgIpc) is 3.21. The number of para-hydroxylation sites is 3. The van der Waals surface area contributed by atoms with Gasteiger partial charge in [-0.1, -0.05) is 41.9 Å². The van der Waals surface area contributed by atoms with Gasteiger partial charge in [-0.05, 0) is 68.4 Å². The first-order valence-corrected chi connectivity index (χ1v) is 13.7. The van der Waals surface area contributed by atoms with Crippen molar-refractivity contribution in [2.75, 3.05) is 6.61 Å². The number of benzene rings is 2. The highest BCUT2D eigenvalue weighted by Crippen LogP contribution is 2.32. The quantitative estimate of drug-likeness (QED) is 0.378. The second kappa shape index (κ2) is 10.3. The molecule has 1 atom stereocenters. The molecule has 1 amide bonds. The van der Waals surface area contributed by atoms with E-state index in [0.717, 1.165) is 54.5 Å². The van der Waals surface area contributed by atoms with Crippen molar-refractivity contribution in [1.82, 2.24) is 19.4 Å². The van der Waals surface area contributed by atoms with Crippen molar-refractivity contribution in [2.24, 2.45) is 5.92 Å². The van der Waals surface area contributed by atoms with Gasteiger partial charge in [0.25, 0.3) is 5.91 Å². The first-order chi connectivity index (χ1) is 18.5. The summed E-state index contributed by atoms with van der Waals surface area (Å²) in [5, 5.41) is 3.62. The van der Waals surface area contributed by atoms with Gasteiger partial charge in [-0.25, -0.2) is 4.79 Å². The largest absolute Gasteiger partial charge is 0.491 e. The number of aromatic nitrogens is 3. The third kappa shape index (κ3) is 4.71. The highest BCUT2D eigenvalue weighted by Gasteiger charge is 2.28. The number of hydrogen-bond donors (Lipinski definition) is 1. The molecule has 8 heteroatoms. The third-order valence-electron chi connectivity index (χ3n) is 8.01. The van der Waals surface area contributed by atoms with Crippen LogP contribution in [-0.2, 0) is 13.0 Å². The van der Waals surface area contributed by atoms with Crippen LogP contribution in [0.25, 0.3) is 11.0 Å². The van der Waals surface area contributed by atoms with Crippen molar-refractivity contribution in [3.63, 3.8) is 0 Å². The van der Waals surface area contributed by atoms with Crippen molar-refractivity contribution in [1.29, 1.82) is 0 Å². The van der Waals surface area contributed by atoms with Gasteiger partial charge in [0.05, 0.1) is 33.4 Å². The molecule has 1 aliphatic carbocycles. The normalized spacial score (nSPS) is 21.1. The molecule has 1 unspecified atom stereocenters. The van der Waals surface area contributed by atoms with Crippen molar-refractivity contribution < 1.29 is 9.53 Å². The van der Waals surface area contributed by atoms with Gasteiger partial charge in [-0.2, -0.15) is 0 Å². The van der Waals surface area contributed by atoms with Crippen LogP contribution in [-0.4, -0.2) is 32.7 Å². The Morgan fingerprint density at radius 3 is 2.63 bits per heavy atom. The Bertz CT molecular complexity index is 1550. The lowest BCUT2D eigenvalue weighted by Crippen LogP contribution is -2.39. The average molecular weight is 531 g/mol. The number of carbonyl (C=O) groups excluding carboxylic acids is 1. The van der Waals surface area contributed by atoms with E-state index in [9.17, 15) is 9.59 Å². The van der Waals surface area contributed by atoms with Crippen molar-refractivity contribution >= 4 is 28.5 Å². The fourth-order valence-electron chi connectivity index (χ4n) is 5.99. The standard InChI is InChI=1S/C30H31ClN4O3/c1-19-25(15-22(31)16-32-19)29(36)33-23-12-10-20(11-13-23)17-34-26-7-3-4-8-27(26)35(30(34)37)24-14-21-6-2-5-9-28(21)38-18-24/h2-9,15-16,20,23-24H,10-14,17-18H2,1H3,(H,33,36). The van der Waals surface area contributed by atoms with Gasteiger partial charge in [-0.15, -0.1) is 0 Å². The molecule has 4 aromatic rings. The highest BCUT2D eigenvalue weighted by atomic mass is 35.5. The van der Waals surface area contributed by atoms with E-state index in [0.29, 0.717) is 35.3 Å². The second-order valence-electron chi connectivity index (χ2n) is 10.5. The number of halogens is 1. The van der Waals surface area contributed by atoms with Gasteiger partial charge in [0.2, 0.25) is 0 Å². The Labute approximate surface area is 226 Å². The van der Waals surface area contributed by atoms with E-state index < -0.39 is 0 Å². The SMILES string of the molecule is Cc1ncc(Cl)cc1C(=O)NC1CCC(Cn2c(=O)n(C3COc4ccccc4C3)c3ccccc32)CC1. The lowest BCUT2D eigenvalue weighted by molar-refractivity contribution is 0.0919. The van der Waals surface area contributed by atoms with Crippen LogP contribution in [0.15, 0.2) is 65.6 Å². The van der Waals surface area contributed by atoms with Crippen molar-refractivity contribution in [3.8, 4) is 5.75 Å².